The Balaban J connectivity index is 1.70. The molecule has 3 rings (SSSR count). The summed E-state index contributed by atoms with van der Waals surface area (Å²) in [6.07, 6.45) is 0.222. The van der Waals surface area contributed by atoms with Crippen LogP contribution in [0.5, 0.6) is 0 Å². The lowest BCUT2D eigenvalue weighted by molar-refractivity contribution is -0.137. The Bertz CT molecular complexity index is 942. The van der Waals surface area contributed by atoms with Crippen molar-refractivity contribution in [3.63, 3.8) is 0 Å². The number of nitrogens with zero attached hydrogens (tertiary/aromatic N) is 4. The maximum atomic E-state index is 12.8. The van der Waals surface area contributed by atoms with E-state index in [0.717, 1.165) is 12.1 Å². The standard InChI is InChI=1S/C17H16F3N5O/c1-11-15(10-24(2)23-11)16(26)22-14-7-21-25(9-14)8-12-4-3-5-13(6-12)17(18,19)20/h3-7,9-10H,8H2,1-2H3,(H,22,26). The number of carbonyl (C=O) groups is 1. The summed E-state index contributed by atoms with van der Waals surface area (Å²) < 4.78 is 41.3. The molecule has 0 unspecified atom stereocenters. The predicted molar refractivity (Wildman–Crippen MR) is 88.7 cm³/mol. The van der Waals surface area contributed by atoms with Crippen molar-refractivity contribution in [2.45, 2.75) is 19.6 Å². The van der Waals surface area contributed by atoms with Gasteiger partial charge in [-0.1, -0.05) is 12.1 Å². The third kappa shape index (κ3) is 3.93. The van der Waals surface area contributed by atoms with Crippen molar-refractivity contribution in [3.8, 4) is 0 Å². The van der Waals surface area contributed by atoms with Crippen LogP contribution in [-0.2, 0) is 19.8 Å². The van der Waals surface area contributed by atoms with Gasteiger partial charge in [0.05, 0.1) is 35.2 Å². The van der Waals surface area contributed by atoms with Gasteiger partial charge in [0, 0.05) is 19.4 Å². The van der Waals surface area contributed by atoms with Crippen molar-refractivity contribution in [1.82, 2.24) is 19.6 Å². The van der Waals surface area contributed by atoms with Crippen LogP contribution in [0, 0.1) is 6.92 Å². The van der Waals surface area contributed by atoms with Gasteiger partial charge >= 0.3 is 6.18 Å². The molecule has 26 heavy (non-hydrogen) atoms. The summed E-state index contributed by atoms with van der Waals surface area (Å²) in [5.41, 5.74) is 1.25. The van der Waals surface area contributed by atoms with Gasteiger partial charge in [-0.15, -0.1) is 0 Å². The van der Waals surface area contributed by atoms with E-state index in [9.17, 15) is 18.0 Å². The summed E-state index contributed by atoms with van der Waals surface area (Å²) in [4.78, 5) is 12.2. The number of anilines is 1. The molecular weight excluding hydrogens is 347 g/mol. The lowest BCUT2D eigenvalue weighted by atomic mass is 10.1. The highest BCUT2D eigenvalue weighted by molar-refractivity contribution is 6.04. The van der Waals surface area contributed by atoms with Crippen molar-refractivity contribution in [3.05, 3.63) is 65.2 Å². The molecule has 0 atom stereocenters. The molecular formula is C17H16F3N5O. The molecule has 1 aromatic carbocycles. The van der Waals surface area contributed by atoms with Gasteiger partial charge in [-0.3, -0.25) is 14.2 Å². The van der Waals surface area contributed by atoms with Crippen LogP contribution in [0.2, 0.25) is 0 Å². The van der Waals surface area contributed by atoms with E-state index in [1.165, 1.54) is 16.9 Å². The van der Waals surface area contributed by atoms with Gasteiger partial charge < -0.3 is 5.32 Å². The number of benzene rings is 1. The number of rotatable bonds is 4. The summed E-state index contributed by atoms with van der Waals surface area (Å²) in [5, 5.41) is 10.9. The number of aryl methyl sites for hydroxylation is 2. The summed E-state index contributed by atoms with van der Waals surface area (Å²) in [7, 11) is 1.72. The first kappa shape index (κ1) is 17.7. The minimum Gasteiger partial charge on any atom is -0.319 e. The quantitative estimate of drug-likeness (QED) is 0.774. The van der Waals surface area contributed by atoms with E-state index >= 15 is 0 Å². The van der Waals surface area contributed by atoms with Gasteiger partial charge in [-0.2, -0.15) is 23.4 Å². The Morgan fingerprint density at radius 3 is 2.69 bits per heavy atom. The molecule has 9 heteroatoms. The molecule has 0 radical (unpaired) electrons. The summed E-state index contributed by atoms with van der Waals surface area (Å²) in [6, 6.07) is 5.05. The van der Waals surface area contributed by atoms with Crippen molar-refractivity contribution in [2.24, 2.45) is 7.05 Å². The Kier molecular flexibility index (Phi) is 4.54. The van der Waals surface area contributed by atoms with E-state index < -0.39 is 11.7 Å². The Morgan fingerprint density at radius 1 is 1.27 bits per heavy atom. The van der Waals surface area contributed by atoms with E-state index in [0.29, 0.717) is 22.5 Å². The third-order valence-electron chi connectivity index (χ3n) is 3.75. The fourth-order valence-electron chi connectivity index (χ4n) is 2.57. The third-order valence-corrected chi connectivity index (χ3v) is 3.75. The van der Waals surface area contributed by atoms with Gasteiger partial charge in [-0.25, -0.2) is 0 Å². The highest BCUT2D eigenvalue weighted by Gasteiger charge is 2.30. The molecule has 0 fully saturated rings. The minimum atomic E-state index is -4.39. The second kappa shape index (κ2) is 6.66. The van der Waals surface area contributed by atoms with Crippen molar-refractivity contribution >= 4 is 11.6 Å². The number of carbonyl (C=O) groups excluding carboxylic acids is 1. The fraction of sp³-hybridized carbons (Fsp3) is 0.235. The first-order chi connectivity index (χ1) is 12.2. The Morgan fingerprint density at radius 2 is 2.04 bits per heavy atom. The van der Waals surface area contributed by atoms with Gasteiger partial charge in [0.2, 0.25) is 0 Å². The van der Waals surface area contributed by atoms with Crippen LogP contribution in [0.4, 0.5) is 18.9 Å². The topological polar surface area (TPSA) is 64.7 Å². The molecule has 2 heterocycles. The molecule has 0 bridgehead atoms. The van der Waals surface area contributed by atoms with E-state index in [-0.39, 0.29) is 12.5 Å². The molecule has 136 valence electrons. The molecule has 1 amide bonds. The van der Waals surface area contributed by atoms with Crippen LogP contribution in [0.15, 0.2) is 42.9 Å². The Labute approximate surface area is 147 Å². The normalized spacial score (nSPS) is 11.6. The Hall–Kier alpha value is -3.10. The zero-order valence-electron chi connectivity index (χ0n) is 14.1. The van der Waals surface area contributed by atoms with Crippen LogP contribution in [-0.4, -0.2) is 25.5 Å². The maximum Gasteiger partial charge on any atom is 0.416 e. The number of hydrogen-bond donors (Lipinski definition) is 1. The van der Waals surface area contributed by atoms with Crippen molar-refractivity contribution in [2.75, 3.05) is 5.32 Å². The zero-order chi connectivity index (χ0) is 18.9. The SMILES string of the molecule is Cc1nn(C)cc1C(=O)Nc1cnn(Cc2cccc(C(F)(F)F)c2)c1. The van der Waals surface area contributed by atoms with Gasteiger partial charge in [-0.05, 0) is 24.6 Å². The van der Waals surface area contributed by atoms with E-state index in [1.54, 1.807) is 37.1 Å². The molecule has 0 saturated heterocycles. The smallest absolute Gasteiger partial charge is 0.319 e. The average Bonchev–Trinajstić information content (AvgIpc) is 3.12. The minimum absolute atomic E-state index is 0.158. The molecule has 0 aliphatic carbocycles. The van der Waals surface area contributed by atoms with Crippen molar-refractivity contribution in [1.29, 1.82) is 0 Å². The number of halogens is 3. The molecule has 0 saturated carbocycles. The summed E-state index contributed by atoms with van der Waals surface area (Å²) >= 11 is 0. The second-order valence-corrected chi connectivity index (χ2v) is 5.88. The van der Waals surface area contributed by atoms with Gasteiger partial charge in [0.15, 0.2) is 0 Å². The van der Waals surface area contributed by atoms with Crippen LogP contribution in [0.3, 0.4) is 0 Å². The van der Waals surface area contributed by atoms with Crippen LogP contribution >= 0.6 is 0 Å². The van der Waals surface area contributed by atoms with Gasteiger partial charge in [0.25, 0.3) is 5.91 Å². The molecule has 6 nitrogen and oxygen atoms in total. The highest BCUT2D eigenvalue weighted by Crippen LogP contribution is 2.29. The summed E-state index contributed by atoms with van der Waals surface area (Å²) in [6.45, 7) is 1.89. The van der Waals surface area contributed by atoms with E-state index in [4.69, 9.17) is 0 Å². The number of amides is 1. The lowest BCUT2D eigenvalue weighted by Gasteiger charge is -2.08. The van der Waals surface area contributed by atoms with Crippen LogP contribution in [0.25, 0.3) is 0 Å². The molecule has 2 aromatic heterocycles. The second-order valence-electron chi connectivity index (χ2n) is 5.88. The number of nitrogens with one attached hydrogen (secondary N) is 1. The van der Waals surface area contributed by atoms with Crippen molar-refractivity contribution < 1.29 is 18.0 Å². The fourth-order valence-corrected chi connectivity index (χ4v) is 2.57. The first-order valence-corrected chi connectivity index (χ1v) is 7.72. The first-order valence-electron chi connectivity index (χ1n) is 7.72. The average molecular weight is 363 g/mol. The molecule has 0 aliphatic rings. The molecule has 3 aromatic rings. The molecule has 0 aliphatic heterocycles. The van der Waals surface area contributed by atoms with E-state index in [1.807, 2.05) is 0 Å². The number of aromatic nitrogens is 4. The molecule has 1 N–H and O–H groups in total. The van der Waals surface area contributed by atoms with Crippen LogP contribution in [0.1, 0.15) is 27.2 Å². The van der Waals surface area contributed by atoms with E-state index in [2.05, 4.69) is 15.5 Å². The lowest BCUT2D eigenvalue weighted by Crippen LogP contribution is -2.12. The van der Waals surface area contributed by atoms with Crippen LogP contribution < -0.4 is 5.32 Å². The number of hydrogen-bond acceptors (Lipinski definition) is 3. The predicted octanol–water partition coefficient (Wildman–Crippen LogP) is 3.24. The van der Waals surface area contributed by atoms with Gasteiger partial charge in [0.1, 0.15) is 0 Å². The largest absolute Gasteiger partial charge is 0.416 e. The zero-order valence-corrected chi connectivity index (χ0v) is 14.1. The maximum absolute atomic E-state index is 12.8. The number of alkyl halides is 3. The summed E-state index contributed by atoms with van der Waals surface area (Å²) in [5.74, 6) is -0.325. The molecule has 0 spiro atoms. The monoisotopic (exact) mass is 363 g/mol. The highest BCUT2D eigenvalue weighted by atomic mass is 19.4.